The van der Waals surface area contributed by atoms with E-state index in [2.05, 4.69) is 11.5 Å². The van der Waals surface area contributed by atoms with Gasteiger partial charge >= 0.3 is 0 Å². The zero-order valence-corrected chi connectivity index (χ0v) is 21.4. The molecular weight excluding hydrogens is 492 g/mol. The number of phenolic OH excluding ortho intramolecular Hbond substituents is 1. The second-order valence-corrected chi connectivity index (χ2v) is 8.63. The van der Waals surface area contributed by atoms with Gasteiger partial charge in [0.05, 0.1) is 18.0 Å². The van der Waals surface area contributed by atoms with Crippen LogP contribution in [0.1, 0.15) is 53.9 Å². The summed E-state index contributed by atoms with van der Waals surface area (Å²) < 4.78 is 30.7. The van der Waals surface area contributed by atoms with Crippen molar-refractivity contribution in [2.24, 2.45) is 0 Å². The predicted molar refractivity (Wildman–Crippen MR) is 142 cm³/mol. The number of fused-ring (bicyclic) bond motifs is 1. The molecule has 0 amide bonds. The lowest BCUT2D eigenvalue weighted by Gasteiger charge is -2.17. The molecule has 0 fully saturated rings. The molecule has 1 aromatic heterocycles. The number of halogens is 2. The van der Waals surface area contributed by atoms with Gasteiger partial charge in [0.15, 0.2) is 23.4 Å². The van der Waals surface area contributed by atoms with Gasteiger partial charge in [0, 0.05) is 45.4 Å². The highest BCUT2D eigenvalue weighted by Gasteiger charge is 2.20. The number of carbonyl (C=O) groups excluding carboxylic acids is 2. The quantitative estimate of drug-likeness (QED) is 0.189. The summed E-state index contributed by atoms with van der Waals surface area (Å²) in [7, 11) is 0. The molecule has 1 N–H and O–H groups in total. The summed E-state index contributed by atoms with van der Waals surface area (Å²) >= 11 is 0. The second kappa shape index (κ2) is 12.7. The Bertz CT molecular complexity index is 1440. The molecule has 8 heteroatoms. The largest absolute Gasteiger partial charge is 0.508 e. The number of carbonyl (C=O) groups is 2. The Morgan fingerprint density at radius 2 is 1.74 bits per heavy atom. The number of phenols is 1. The summed E-state index contributed by atoms with van der Waals surface area (Å²) in [6.45, 7) is 8.42. The van der Waals surface area contributed by atoms with Gasteiger partial charge in [-0.25, -0.2) is 0 Å². The Labute approximate surface area is 219 Å². The van der Waals surface area contributed by atoms with Gasteiger partial charge in [-0.3, -0.25) is 18.9 Å². The topological polar surface area (TPSA) is 77.8 Å². The van der Waals surface area contributed by atoms with E-state index >= 15 is 0 Å². The molecule has 3 aromatic carbocycles. The molecule has 38 heavy (non-hydrogen) atoms. The molecule has 0 aliphatic heterocycles. The van der Waals surface area contributed by atoms with Crippen LogP contribution in [0.15, 0.2) is 85.3 Å². The van der Waals surface area contributed by atoms with Crippen molar-refractivity contribution in [2.45, 2.75) is 33.4 Å². The van der Waals surface area contributed by atoms with E-state index < -0.39 is 6.10 Å². The summed E-state index contributed by atoms with van der Waals surface area (Å²) in [6, 6.07) is 18.0. The minimum Gasteiger partial charge on any atom is -0.508 e. The molecule has 0 aliphatic rings. The molecule has 0 spiro atoms. The van der Waals surface area contributed by atoms with Crippen LogP contribution < -0.4 is 4.94 Å². The fourth-order valence-electron chi connectivity index (χ4n) is 4.04. The smallest absolute Gasteiger partial charge is 0.195 e. The Hall–Kier alpha value is -4.46. The number of aromatic nitrogens is 1. The summed E-state index contributed by atoms with van der Waals surface area (Å²) in [5.41, 5.74) is 2.98. The van der Waals surface area contributed by atoms with Gasteiger partial charge < -0.3 is 14.4 Å². The Kier molecular flexibility index (Phi) is 9.38. The first-order valence-corrected chi connectivity index (χ1v) is 11.9. The van der Waals surface area contributed by atoms with Gasteiger partial charge in [-0.2, -0.15) is 0 Å². The number of ether oxygens (including phenoxy) is 1. The van der Waals surface area contributed by atoms with Crippen molar-refractivity contribution in [3.63, 3.8) is 0 Å². The third kappa shape index (κ3) is 6.64. The van der Waals surface area contributed by atoms with Gasteiger partial charge in [-0.1, -0.05) is 24.8 Å². The maximum atomic E-state index is 13.3. The van der Waals surface area contributed by atoms with Crippen LogP contribution in [-0.4, -0.2) is 27.9 Å². The fourth-order valence-corrected chi connectivity index (χ4v) is 4.04. The SMILES string of the molecule is C=C(C)OC(C(C)=O)c1cccc(Cn2cc(C(=O)c3ccc(O)cc3)c3ccc(OF)cc32)c1.CCF. The predicted octanol–water partition coefficient (Wildman–Crippen LogP) is 7.05. The molecular formula is C30H29F2NO5. The normalized spacial score (nSPS) is 11.3. The third-order valence-electron chi connectivity index (χ3n) is 5.61. The molecule has 1 heterocycles. The van der Waals surface area contributed by atoms with Crippen molar-refractivity contribution < 1.29 is 33.3 Å². The van der Waals surface area contributed by atoms with Crippen molar-refractivity contribution in [1.29, 1.82) is 0 Å². The minimum absolute atomic E-state index is 0.0146. The molecule has 1 unspecified atom stereocenters. The van der Waals surface area contributed by atoms with Crippen LogP contribution in [-0.2, 0) is 16.1 Å². The lowest BCUT2D eigenvalue weighted by molar-refractivity contribution is -0.126. The van der Waals surface area contributed by atoms with Crippen molar-refractivity contribution in [2.75, 3.05) is 6.67 Å². The van der Waals surface area contributed by atoms with Crippen LogP contribution in [0.5, 0.6) is 11.5 Å². The standard InChI is InChI=1S/C28H24FNO5.C2H5F/c1-17(2)34-28(18(3)31)21-6-4-5-19(13-21)15-30-16-25(24-12-11-23(35-29)14-26(24)30)27(33)20-7-9-22(32)10-8-20;1-2-3/h4-14,16,28,32H,1,15H2,2-3H3;2H2,1H3. The molecule has 0 radical (unpaired) electrons. The van der Waals surface area contributed by atoms with Gasteiger partial charge in [0.1, 0.15) is 5.75 Å². The average Bonchev–Trinajstić information content (AvgIpc) is 3.25. The minimum atomic E-state index is -0.771. The number of Topliss-reactive ketones (excluding diaryl/α,β-unsaturated/α-hetero) is 1. The number of rotatable bonds is 9. The first-order valence-electron chi connectivity index (χ1n) is 11.9. The highest BCUT2D eigenvalue weighted by molar-refractivity contribution is 6.16. The molecule has 198 valence electrons. The molecule has 0 aliphatic carbocycles. The molecule has 0 bridgehead atoms. The Balaban J connectivity index is 0.00000127. The molecule has 4 aromatic rings. The van der Waals surface area contributed by atoms with Crippen LogP contribution in [0, 0.1) is 0 Å². The summed E-state index contributed by atoms with van der Waals surface area (Å²) in [6.07, 6.45) is 0.938. The summed E-state index contributed by atoms with van der Waals surface area (Å²) in [4.78, 5) is 29.3. The number of aromatic hydroxyl groups is 1. The van der Waals surface area contributed by atoms with Crippen LogP contribution in [0.25, 0.3) is 10.9 Å². The molecule has 0 saturated carbocycles. The number of nitrogens with zero attached hydrogens (tertiary/aromatic N) is 1. The van der Waals surface area contributed by atoms with Crippen LogP contribution in [0.4, 0.5) is 8.92 Å². The second-order valence-electron chi connectivity index (χ2n) is 8.63. The number of hydrogen-bond acceptors (Lipinski definition) is 5. The van der Waals surface area contributed by atoms with E-state index in [1.165, 1.54) is 38.1 Å². The van der Waals surface area contributed by atoms with Crippen molar-refractivity contribution in [3.05, 3.63) is 108 Å². The Morgan fingerprint density at radius 1 is 1.05 bits per heavy atom. The molecule has 0 saturated heterocycles. The maximum Gasteiger partial charge on any atom is 0.195 e. The van der Waals surface area contributed by atoms with Gasteiger partial charge in [-0.15, -0.1) is 0 Å². The lowest BCUT2D eigenvalue weighted by Crippen LogP contribution is -2.12. The summed E-state index contributed by atoms with van der Waals surface area (Å²) in [5, 5.41) is 10.2. The monoisotopic (exact) mass is 521 g/mol. The van der Waals surface area contributed by atoms with E-state index in [0.29, 0.717) is 39.9 Å². The number of hydrogen-bond donors (Lipinski definition) is 1. The maximum absolute atomic E-state index is 13.3. The first kappa shape index (κ1) is 28.1. The number of benzene rings is 3. The zero-order valence-electron chi connectivity index (χ0n) is 21.4. The van der Waals surface area contributed by atoms with Crippen LogP contribution in [0.2, 0.25) is 0 Å². The van der Waals surface area contributed by atoms with Crippen molar-refractivity contribution >= 4 is 22.5 Å². The number of ketones is 2. The van der Waals surface area contributed by atoms with E-state index in [0.717, 1.165) is 5.56 Å². The van der Waals surface area contributed by atoms with E-state index in [-0.39, 0.29) is 29.7 Å². The van der Waals surface area contributed by atoms with E-state index in [1.54, 1.807) is 37.4 Å². The summed E-state index contributed by atoms with van der Waals surface area (Å²) in [5.74, 6) is 0.128. The van der Waals surface area contributed by atoms with Crippen molar-refractivity contribution in [3.8, 4) is 11.5 Å². The molecule has 4 rings (SSSR count). The molecule has 1 atom stereocenters. The van der Waals surface area contributed by atoms with Crippen LogP contribution in [0.3, 0.4) is 0 Å². The first-order chi connectivity index (χ1) is 18.2. The lowest BCUT2D eigenvalue weighted by atomic mass is 10.0. The zero-order chi connectivity index (χ0) is 27.8. The van der Waals surface area contributed by atoms with E-state index in [4.69, 9.17) is 4.74 Å². The highest BCUT2D eigenvalue weighted by Crippen LogP contribution is 2.30. The Morgan fingerprint density at radius 3 is 2.34 bits per heavy atom. The fraction of sp³-hybridized carbons (Fsp3) is 0.200. The van der Waals surface area contributed by atoms with E-state index in [1.807, 2.05) is 22.8 Å². The highest BCUT2D eigenvalue weighted by atomic mass is 19.3. The average molecular weight is 522 g/mol. The third-order valence-corrected chi connectivity index (χ3v) is 5.61. The number of alkyl halides is 1. The van der Waals surface area contributed by atoms with Gasteiger partial charge in [0.25, 0.3) is 0 Å². The van der Waals surface area contributed by atoms with Crippen LogP contribution >= 0.6 is 0 Å². The number of allylic oxidation sites excluding steroid dienone is 1. The van der Waals surface area contributed by atoms with E-state index in [9.17, 15) is 23.6 Å². The van der Waals surface area contributed by atoms with Crippen molar-refractivity contribution in [1.82, 2.24) is 4.57 Å². The van der Waals surface area contributed by atoms with Gasteiger partial charge in [-0.05, 0) is 68.8 Å². The molecule has 6 nitrogen and oxygen atoms in total. The van der Waals surface area contributed by atoms with Gasteiger partial charge in [0.2, 0.25) is 0 Å².